The van der Waals surface area contributed by atoms with E-state index < -0.39 is 10.1 Å². The third kappa shape index (κ3) is 12.7. The Balaban J connectivity index is 0.000000181. The van der Waals surface area contributed by atoms with E-state index in [9.17, 15) is 23.2 Å². The number of halogens is 2. The second-order valence-corrected chi connectivity index (χ2v) is 17.3. The van der Waals surface area contributed by atoms with Crippen molar-refractivity contribution in [1.82, 2.24) is 0 Å². The van der Waals surface area contributed by atoms with Crippen LogP contribution in [0.2, 0.25) is 0 Å². The highest BCUT2D eigenvalue weighted by Gasteiger charge is 2.31. The van der Waals surface area contributed by atoms with Crippen LogP contribution in [0.1, 0.15) is 5.56 Å². The summed E-state index contributed by atoms with van der Waals surface area (Å²) < 4.78 is 31.2. The van der Waals surface area contributed by atoms with Crippen LogP contribution in [0.15, 0.2) is 228 Å². The maximum Gasteiger partial charge on any atom is 0.208 e. The van der Waals surface area contributed by atoms with Crippen molar-refractivity contribution < 1.29 is 23.2 Å². The molecule has 1 N–H and O–H groups in total. The van der Waals surface area contributed by atoms with Crippen molar-refractivity contribution in [2.24, 2.45) is 0 Å². The Morgan fingerprint density at radius 3 is 1.17 bits per heavy atom. The second kappa shape index (κ2) is 21.9. The highest BCUT2D eigenvalue weighted by atomic mass is 35.5. The summed E-state index contributed by atoms with van der Waals surface area (Å²) in [6.45, 7) is 1.82. The van der Waals surface area contributed by atoms with Crippen LogP contribution >= 0.6 is 23.2 Å². The van der Waals surface area contributed by atoms with Gasteiger partial charge in [0.15, 0.2) is 30.2 Å². The van der Waals surface area contributed by atoms with Gasteiger partial charge in [0.1, 0.15) is 21.0 Å². The van der Waals surface area contributed by atoms with Gasteiger partial charge in [-0.3, -0.25) is 0 Å². The molecule has 7 aromatic rings. The number of hydrogen-bond acceptors (Lipinski definition) is 5. The number of para-hydroxylation sites is 2. The zero-order valence-electron chi connectivity index (χ0n) is 29.2. The van der Waals surface area contributed by atoms with E-state index in [0.29, 0.717) is 5.75 Å². The molecule has 0 fully saturated rings. The van der Waals surface area contributed by atoms with E-state index in [1.54, 1.807) is 30.3 Å². The molecule has 0 heterocycles. The predicted octanol–water partition coefficient (Wildman–Crippen LogP) is 10.7. The summed E-state index contributed by atoms with van der Waals surface area (Å²) in [5.41, 5.74) is 0.928. The van der Waals surface area contributed by atoms with Crippen LogP contribution < -0.4 is 5.11 Å². The van der Waals surface area contributed by atoms with Gasteiger partial charge in [0.25, 0.3) is 0 Å². The van der Waals surface area contributed by atoms with Gasteiger partial charge in [-0.2, -0.15) is 0 Å². The van der Waals surface area contributed by atoms with Crippen molar-refractivity contribution in [1.29, 1.82) is 0 Å². The van der Waals surface area contributed by atoms with Gasteiger partial charge in [-0.15, -0.1) is 23.2 Å². The van der Waals surface area contributed by atoms with Crippen LogP contribution in [0.4, 0.5) is 0 Å². The minimum atomic E-state index is -4.27. The molecule has 10 heteroatoms. The molecule has 0 aliphatic heterocycles. The maximum absolute atomic E-state index is 12.2. The lowest BCUT2D eigenvalue weighted by Crippen LogP contribution is -2.08. The number of benzene rings is 7. The quantitative estimate of drug-likeness (QED) is 0.0981. The van der Waals surface area contributed by atoms with Crippen molar-refractivity contribution in [3.8, 4) is 11.5 Å². The fourth-order valence-corrected chi connectivity index (χ4v) is 9.68. The highest BCUT2D eigenvalue weighted by Crippen LogP contribution is 2.36. The third-order valence-electron chi connectivity index (χ3n) is 7.38. The molecule has 54 heavy (non-hydrogen) atoms. The minimum Gasteiger partial charge on any atom is -0.869 e. The molecular weight excluding hydrogens is 776 g/mol. The van der Waals surface area contributed by atoms with Gasteiger partial charge in [0.2, 0.25) is 4.90 Å². The summed E-state index contributed by atoms with van der Waals surface area (Å²) in [4.78, 5) is 6.39. The van der Waals surface area contributed by atoms with Crippen molar-refractivity contribution in [2.45, 2.75) is 41.2 Å². The van der Waals surface area contributed by atoms with Crippen molar-refractivity contribution >= 4 is 55.1 Å². The Morgan fingerprint density at radius 2 is 0.815 bits per heavy atom. The molecule has 0 saturated heterocycles. The summed E-state index contributed by atoms with van der Waals surface area (Å²) in [6, 6.07) is 61.7. The maximum atomic E-state index is 12.2. The van der Waals surface area contributed by atoms with Crippen LogP contribution in [-0.2, 0) is 31.9 Å². The Hall–Kier alpha value is -4.67. The molecule has 0 aliphatic rings. The van der Waals surface area contributed by atoms with Crippen LogP contribution in [0.25, 0.3) is 0 Å². The highest BCUT2D eigenvalue weighted by molar-refractivity contribution is 7.97. The lowest BCUT2D eigenvalue weighted by molar-refractivity contribution is -0.272. The fraction of sp³-hybridized carbons (Fsp3) is 0.0455. The van der Waals surface area contributed by atoms with E-state index in [-0.39, 0.29) is 37.8 Å². The monoisotopic (exact) mass is 812 g/mol. The molecule has 0 saturated carbocycles. The first-order chi connectivity index (χ1) is 26.1. The summed E-state index contributed by atoms with van der Waals surface area (Å²) in [5, 5.41) is 22.6. The Bertz CT molecular complexity index is 2030. The van der Waals surface area contributed by atoms with Gasteiger partial charge in [0, 0.05) is 0 Å². The number of rotatable bonds is 7. The topological polar surface area (TPSA) is 100 Å². The van der Waals surface area contributed by atoms with Crippen molar-refractivity contribution in [2.75, 3.05) is 5.34 Å². The van der Waals surface area contributed by atoms with E-state index in [1.165, 1.54) is 31.7 Å². The lowest BCUT2D eigenvalue weighted by atomic mass is 10.2. The number of phenols is 1. The molecule has 0 aliphatic carbocycles. The molecule has 7 aromatic carbocycles. The number of alkyl halides is 2. The first-order valence-electron chi connectivity index (χ1n) is 16.5. The summed E-state index contributed by atoms with van der Waals surface area (Å²) in [7, 11) is -4.88. The standard InChI is InChI=1S/2C18H14OS.C7H8O3S.CH2Cl2/c2*19-17-13-7-8-14-18(17)20(15-9-3-1-4-10-15)16-11-5-2-6-12-16;1-6-2-4-7(5-3-6)11(8,9)10;2-1-3/h2*1-14H;2-5H,1H3,(H,8,9,10);1H2. The van der Waals surface area contributed by atoms with E-state index in [0.717, 1.165) is 15.4 Å². The number of aromatic hydroxyl groups is 1. The van der Waals surface area contributed by atoms with Crippen molar-refractivity contribution in [3.05, 3.63) is 200 Å². The number of aryl methyl sites for hydroxylation is 1. The van der Waals surface area contributed by atoms with Crippen LogP contribution in [0, 0.1) is 6.92 Å². The van der Waals surface area contributed by atoms with Crippen molar-refractivity contribution in [3.63, 3.8) is 0 Å². The molecule has 0 atom stereocenters. The van der Waals surface area contributed by atoms with E-state index in [1.807, 2.05) is 110 Å². The molecular formula is C44H38Cl2O5S3. The van der Waals surface area contributed by atoms with Gasteiger partial charge in [-0.05, 0) is 85.8 Å². The molecule has 0 unspecified atom stereocenters. The molecule has 5 nitrogen and oxygen atoms in total. The summed E-state index contributed by atoms with van der Waals surface area (Å²) >= 11 is 9.53. The zero-order valence-corrected chi connectivity index (χ0v) is 33.2. The van der Waals surface area contributed by atoms with Gasteiger partial charge < -0.3 is 14.8 Å². The lowest BCUT2D eigenvalue weighted by Gasteiger charge is -2.14. The Morgan fingerprint density at radius 1 is 0.500 bits per heavy atom. The molecule has 0 spiro atoms. The third-order valence-corrected chi connectivity index (χ3v) is 12.8. The second-order valence-electron chi connectivity index (χ2n) is 11.1. The molecule has 0 radical (unpaired) electrons. The molecule has 0 amide bonds. The average Bonchev–Trinajstić information content (AvgIpc) is 3.19. The van der Waals surface area contributed by atoms with Crippen LogP contribution in [0.3, 0.4) is 0 Å². The molecule has 276 valence electrons. The molecule has 0 bridgehead atoms. The summed E-state index contributed by atoms with van der Waals surface area (Å²) in [5.74, 6) is 0.451. The Kier molecular flexibility index (Phi) is 17.1. The van der Waals surface area contributed by atoms with E-state index >= 15 is 0 Å². The first-order valence-corrected chi connectivity index (χ1v) is 21.4. The van der Waals surface area contributed by atoms with Gasteiger partial charge >= 0.3 is 0 Å². The molecule has 7 rings (SSSR count). The molecule has 0 aromatic heterocycles. The van der Waals surface area contributed by atoms with E-state index in [2.05, 4.69) is 48.5 Å². The number of phenolic OH excluding ortho intramolecular Hbond substituents is 1. The fourth-order valence-electron chi connectivity index (χ4n) is 4.96. The largest absolute Gasteiger partial charge is 0.869 e. The zero-order chi connectivity index (χ0) is 38.8. The van der Waals surface area contributed by atoms with Gasteiger partial charge in [0.05, 0.1) is 21.1 Å². The normalized spacial score (nSPS) is 10.6. The smallest absolute Gasteiger partial charge is 0.208 e. The van der Waals surface area contributed by atoms with Crippen LogP contribution in [-0.4, -0.2) is 23.4 Å². The first kappa shape index (κ1) is 42.1. The SMILES string of the molecule is Cc1ccc(S(=O)(=O)[O-])cc1.ClCCl.Oc1ccccc1[S+](c1ccccc1)c1ccccc1.[O-]c1ccccc1[S+](c1ccccc1)c1ccccc1. The Labute approximate surface area is 334 Å². The van der Waals surface area contributed by atoms with Gasteiger partial charge in [-0.25, -0.2) is 8.42 Å². The minimum absolute atomic E-state index is 0.100. The van der Waals surface area contributed by atoms with E-state index in [4.69, 9.17) is 23.2 Å². The number of hydrogen-bond donors (Lipinski definition) is 1. The average molecular weight is 814 g/mol. The van der Waals surface area contributed by atoms with Crippen LogP contribution in [0.5, 0.6) is 11.5 Å². The predicted molar refractivity (Wildman–Crippen MR) is 220 cm³/mol. The van der Waals surface area contributed by atoms with Gasteiger partial charge in [-0.1, -0.05) is 127 Å². The summed E-state index contributed by atoms with van der Waals surface area (Å²) in [6.07, 6.45) is 0.